The lowest BCUT2D eigenvalue weighted by Crippen LogP contribution is -2.36. The molecule has 0 aliphatic carbocycles. The molecule has 177 valence electrons. The monoisotopic (exact) mass is 465 g/mol. The van der Waals surface area contributed by atoms with Crippen LogP contribution >= 0.6 is 0 Å². The molecule has 0 aliphatic heterocycles. The fourth-order valence-electron chi connectivity index (χ4n) is 4.45. The minimum atomic E-state index is -0.220. The van der Waals surface area contributed by atoms with Gasteiger partial charge in [0.15, 0.2) is 0 Å². The van der Waals surface area contributed by atoms with Crippen molar-refractivity contribution in [3.05, 3.63) is 0 Å². The number of hydrogen-bond donors (Lipinski definition) is 0. The van der Waals surface area contributed by atoms with E-state index in [-0.39, 0.29) is 16.1 Å². The van der Waals surface area contributed by atoms with Crippen LogP contribution in [0.1, 0.15) is 156 Å². The fourth-order valence-corrected chi connectivity index (χ4v) is 14.9. The Balaban J connectivity index is 4.02. The third-order valence-electron chi connectivity index (χ3n) is 6.62. The molecule has 30 heavy (non-hydrogen) atoms. The molecule has 0 N–H and O–H groups in total. The van der Waals surface area contributed by atoms with Crippen molar-refractivity contribution in [2.45, 2.75) is 174 Å². The van der Waals surface area contributed by atoms with Crippen molar-refractivity contribution in [3.8, 4) is 0 Å². The maximum atomic E-state index is 4.35. The molecule has 0 bridgehead atoms. The molecule has 0 unspecified atom stereocenters. The zero-order chi connectivity index (χ0) is 22.1. The predicted molar refractivity (Wildman–Crippen MR) is 146 cm³/mol. The van der Waals surface area contributed by atoms with E-state index >= 15 is 0 Å². The second kappa shape index (κ2) is 25.9. The molecule has 0 saturated heterocycles. The predicted octanol–water partition coefficient (Wildman–Crippen LogP) is 9.97. The molecule has 0 heterocycles. The van der Waals surface area contributed by atoms with E-state index < -0.39 is 0 Å². The average molecular weight is 466 g/mol. The van der Waals surface area contributed by atoms with Crippen molar-refractivity contribution in [2.24, 2.45) is 0 Å². The van der Waals surface area contributed by atoms with Gasteiger partial charge in [0.1, 0.15) is 0 Å². The maximum Gasteiger partial charge on any atom is 0.0339 e. The van der Waals surface area contributed by atoms with E-state index in [1.54, 1.807) is 18.1 Å². The van der Waals surface area contributed by atoms with Crippen molar-refractivity contribution < 1.29 is 0 Å². The van der Waals surface area contributed by atoms with Gasteiger partial charge in [0, 0.05) is 25.9 Å². The summed E-state index contributed by atoms with van der Waals surface area (Å²) in [5.74, 6) is 0. The maximum absolute atomic E-state index is 4.35. The first kappa shape index (κ1) is 30.7. The zero-order valence-corrected chi connectivity index (χ0v) is 24.5. The van der Waals surface area contributed by atoms with Crippen LogP contribution in [0.4, 0.5) is 0 Å². The number of unbranched alkanes of at least 4 members (excludes halogenated alkanes) is 18. The minimum Gasteiger partial charge on any atom is -0.0654 e. The van der Waals surface area contributed by atoms with Gasteiger partial charge < -0.3 is 0 Å². The molecule has 0 aromatic rings. The van der Waals surface area contributed by atoms with Crippen LogP contribution < -0.4 is 0 Å². The van der Waals surface area contributed by atoms with Crippen molar-refractivity contribution in [3.63, 3.8) is 0 Å². The summed E-state index contributed by atoms with van der Waals surface area (Å²) in [6.07, 6.45) is 30.9. The van der Waals surface area contributed by atoms with Gasteiger partial charge in [0.25, 0.3) is 0 Å². The summed E-state index contributed by atoms with van der Waals surface area (Å²) in [7, 11) is 4.03. The van der Waals surface area contributed by atoms with Crippen LogP contribution in [-0.2, 0) is 0 Å². The molecule has 3 heteroatoms. The van der Waals surface area contributed by atoms with E-state index in [9.17, 15) is 0 Å². The lowest BCUT2D eigenvalue weighted by atomic mass is 10.1. The Kier molecular flexibility index (Phi) is 26.5. The lowest BCUT2D eigenvalue weighted by molar-refractivity contribution is 0.596. The van der Waals surface area contributed by atoms with Crippen molar-refractivity contribution in [1.29, 1.82) is 0 Å². The summed E-state index contributed by atoms with van der Waals surface area (Å²) in [5, 5.41) is 0. The Morgan fingerprint density at radius 1 is 0.367 bits per heavy atom. The van der Waals surface area contributed by atoms with Crippen LogP contribution in [0.3, 0.4) is 0 Å². The molecule has 0 nitrogen and oxygen atoms in total. The van der Waals surface area contributed by atoms with Crippen LogP contribution in [-0.4, -0.2) is 25.9 Å². The smallest absolute Gasteiger partial charge is 0.0339 e. The Labute approximate surface area is 199 Å². The Bertz CT molecular complexity index is 290. The summed E-state index contributed by atoms with van der Waals surface area (Å²) in [6.45, 7) is 6.96. The number of hydrogen-bond acceptors (Lipinski definition) is 0. The highest BCUT2D eigenvalue weighted by Crippen LogP contribution is 2.19. The van der Waals surface area contributed by atoms with Gasteiger partial charge in [0.2, 0.25) is 0 Å². The molecule has 0 aliphatic rings. The van der Waals surface area contributed by atoms with Crippen LogP contribution in [0, 0.1) is 0 Å². The fraction of sp³-hybridized carbons (Fsp3) is 1.00. The second-order valence-electron chi connectivity index (χ2n) is 9.70. The van der Waals surface area contributed by atoms with Crippen molar-refractivity contribution in [2.75, 3.05) is 0 Å². The lowest BCUT2D eigenvalue weighted by Gasteiger charge is -2.21. The largest absolute Gasteiger partial charge is 0.0654 e. The van der Waals surface area contributed by atoms with Gasteiger partial charge in [0.05, 0.1) is 0 Å². The number of rotatable bonds is 25. The highest BCUT2D eigenvalue weighted by atomic mass is 29.6. The van der Waals surface area contributed by atoms with Crippen molar-refractivity contribution in [1.82, 2.24) is 0 Å². The Morgan fingerprint density at radius 2 is 0.633 bits per heavy atom. The zero-order valence-electron chi connectivity index (χ0n) is 21.5. The summed E-state index contributed by atoms with van der Waals surface area (Å²) in [6, 6.07) is 4.78. The first-order valence-electron chi connectivity index (χ1n) is 14.2. The molecule has 0 atom stereocenters. The standard InChI is InChI=1S/C27H57Si3/c1-4-7-10-13-16-19-22-25-29(26-23-20-17-14-11-8-5-2)30(28)27-24-21-18-15-12-9-6-3/h4-27H2,1-3H3. The second-order valence-corrected chi connectivity index (χ2v) is 20.6. The molecule has 5 radical (unpaired) electrons. The van der Waals surface area contributed by atoms with Gasteiger partial charge in [-0.15, -0.1) is 0 Å². The highest BCUT2D eigenvalue weighted by Gasteiger charge is 2.19. The van der Waals surface area contributed by atoms with Crippen LogP contribution in [0.15, 0.2) is 0 Å². The summed E-state index contributed by atoms with van der Waals surface area (Å²) in [4.78, 5) is 0. The molecule has 0 fully saturated rings. The third kappa shape index (κ3) is 21.9. The van der Waals surface area contributed by atoms with Gasteiger partial charge in [-0.25, -0.2) is 0 Å². The SMILES string of the molecule is CCCCCCCCC[Si]([Si])[Si](CCCCCCCCC)CCCCCCCCC. The van der Waals surface area contributed by atoms with E-state index in [0.717, 1.165) is 0 Å². The quantitative estimate of drug-likeness (QED) is 0.0928. The summed E-state index contributed by atoms with van der Waals surface area (Å²) >= 11 is 0. The molecular formula is C27H57Si3. The van der Waals surface area contributed by atoms with E-state index in [0.29, 0.717) is 0 Å². The van der Waals surface area contributed by atoms with Crippen LogP contribution in [0.25, 0.3) is 0 Å². The van der Waals surface area contributed by atoms with E-state index in [1.807, 2.05) is 0 Å². The van der Waals surface area contributed by atoms with Gasteiger partial charge in [-0.3, -0.25) is 0 Å². The van der Waals surface area contributed by atoms with Gasteiger partial charge in [-0.2, -0.15) is 0 Å². The first-order valence-corrected chi connectivity index (χ1v) is 20.3. The van der Waals surface area contributed by atoms with E-state index in [4.69, 9.17) is 0 Å². The van der Waals surface area contributed by atoms with Gasteiger partial charge in [-0.05, 0) is 0 Å². The average Bonchev–Trinajstić information content (AvgIpc) is 2.75. The summed E-state index contributed by atoms with van der Waals surface area (Å²) in [5.41, 5.74) is 0. The Hall–Kier alpha value is 0.651. The normalized spacial score (nSPS) is 11.8. The van der Waals surface area contributed by atoms with Crippen LogP contribution in [0.2, 0.25) is 18.1 Å². The van der Waals surface area contributed by atoms with Gasteiger partial charge >= 0.3 is 0 Å². The van der Waals surface area contributed by atoms with Gasteiger partial charge in [-0.1, -0.05) is 174 Å². The molecule has 0 amide bonds. The van der Waals surface area contributed by atoms with E-state index in [1.165, 1.54) is 135 Å². The molecule has 0 spiro atoms. The Morgan fingerprint density at radius 3 is 0.967 bits per heavy atom. The molecule has 0 rings (SSSR count). The molecule has 0 saturated carbocycles. The first-order chi connectivity index (χ1) is 14.8. The molecule has 0 aromatic carbocycles. The van der Waals surface area contributed by atoms with E-state index in [2.05, 4.69) is 30.5 Å². The summed E-state index contributed by atoms with van der Waals surface area (Å²) < 4.78 is 0. The topological polar surface area (TPSA) is 0 Å². The molecule has 0 aromatic heterocycles. The highest BCUT2D eigenvalue weighted by molar-refractivity contribution is 7.41. The molecular weight excluding hydrogens is 409 g/mol. The van der Waals surface area contributed by atoms with Crippen molar-refractivity contribution >= 4 is 25.9 Å². The van der Waals surface area contributed by atoms with Crippen LogP contribution in [0.5, 0.6) is 0 Å². The minimum absolute atomic E-state index is 0.102. The third-order valence-corrected chi connectivity index (χ3v) is 19.0.